The van der Waals surface area contributed by atoms with Gasteiger partial charge in [-0.05, 0) is 50.2 Å². The summed E-state index contributed by atoms with van der Waals surface area (Å²) in [6.07, 6.45) is 3.32. The van der Waals surface area contributed by atoms with Crippen molar-refractivity contribution in [3.8, 4) is 23.0 Å². The van der Waals surface area contributed by atoms with E-state index in [9.17, 15) is 9.90 Å². The van der Waals surface area contributed by atoms with Crippen LogP contribution in [0.2, 0.25) is 0 Å². The number of nitrogens with zero attached hydrogens (tertiary/aromatic N) is 1. The Morgan fingerprint density at radius 2 is 1.79 bits per heavy atom. The molecule has 1 N–H and O–H groups in total. The quantitative estimate of drug-likeness (QED) is 0.552. The minimum atomic E-state index is -0.284. The standard InChI is InChI=1S/C23H27NO5/c1-4-11-24(12-5-2)14-19-20(25)10-9-18-22(26)21(15-28-23(18)19)29-17-8-6-7-16(13-17)27-3/h6-10,13,15,25H,4-5,11-12,14H2,1-3H3. The van der Waals surface area contributed by atoms with Crippen molar-refractivity contribution in [3.63, 3.8) is 0 Å². The van der Waals surface area contributed by atoms with Crippen LogP contribution in [-0.2, 0) is 6.54 Å². The van der Waals surface area contributed by atoms with Crippen LogP contribution in [0.1, 0.15) is 32.3 Å². The minimum absolute atomic E-state index is 0.0846. The normalized spacial score (nSPS) is 11.2. The Hall–Kier alpha value is -2.99. The molecule has 6 nitrogen and oxygen atoms in total. The van der Waals surface area contributed by atoms with E-state index in [4.69, 9.17) is 13.9 Å². The monoisotopic (exact) mass is 397 g/mol. The number of benzene rings is 2. The first-order valence-corrected chi connectivity index (χ1v) is 9.88. The number of fused-ring (bicyclic) bond motifs is 1. The van der Waals surface area contributed by atoms with Crippen LogP contribution in [0.25, 0.3) is 11.0 Å². The van der Waals surface area contributed by atoms with Gasteiger partial charge in [-0.2, -0.15) is 0 Å². The molecule has 6 heteroatoms. The second kappa shape index (κ2) is 9.47. The van der Waals surface area contributed by atoms with Crippen LogP contribution in [0.4, 0.5) is 0 Å². The first-order valence-electron chi connectivity index (χ1n) is 9.88. The molecule has 29 heavy (non-hydrogen) atoms. The summed E-state index contributed by atoms with van der Waals surface area (Å²) in [5, 5.41) is 10.8. The van der Waals surface area contributed by atoms with Crippen LogP contribution in [-0.4, -0.2) is 30.2 Å². The Labute approximate surface area is 170 Å². The molecule has 0 bridgehead atoms. The van der Waals surface area contributed by atoms with E-state index >= 15 is 0 Å². The van der Waals surface area contributed by atoms with Gasteiger partial charge in [0.2, 0.25) is 11.2 Å². The van der Waals surface area contributed by atoms with E-state index in [2.05, 4.69) is 18.7 Å². The summed E-state index contributed by atoms with van der Waals surface area (Å²) in [7, 11) is 1.57. The Bertz CT molecular complexity index is 1020. The highest BCUT2D eigenvalue weighted by atomic mass is 16.5. The summed E-state index contributed by atoms with van der Waals surface area (Å²) in [5.41, 5.74) is 0.729. The topological polar surface area (TPSA) is 72.1 Å². The van der Waals surface area contributed by atoms with E-state index in [1.54, 1.807) is 43.5 Å². The third-order valence-electron chi connectivity index (χ3n) is 4.72. The average molecular weight is 397 g/mol. The number of hydrogen-bond donors (Lipinski definition) is 1. The van der Waals surface area contributed by atoms with E-state index in [-0.39, 0.29) is 16.9 Å². The van der Waals surface area contributed by atoms with Gasteiger partial charge in [0.1, 0.15) is 29.1 Å². The number of methoxy groups -OCH3 is 1. The van der Waals surface area contributed by atoms with Crippen molar-refractivity contribution in [1.29, 1.82) is 0 Å². The Balaban J connectivity index is 1.98. The SMILES string of the molecule is CCCN(CCC)Cc1c(O)ccc2c(=O)c(Oc3cccc(OC)c3)coc12. The molecule has 0 aliphatic rings. The van der Waals surface area contributed by atoms with Crippen LogP contribution >= 0.6 is 0 Å². The molecule has 1 aromatic heterocycles. The van der Waals surface area contributed by atoms with E-state index in [0.717, 1.165) is 25.9 Å². The van der Waals surface area contributed by atoms with Crippen molar-refractivity contribution in [2.75, 3.05) is 20.2 Å². The Kier molecular flexibility index (Phi) is 6.77. The van der Waals surface area contributed by atoms with Gasteiger partial charge in [-0.3, -0.25) is 9.69 Å². The second-order valence-electron chi connectivity index (χ2n) is 6.93. The molecular weight excluding hydrogens is 370 g/mol. The predicted molar refractivity (Wildman–Crippen MR) is 113 cm³/mol. The highest BCUT2D eigenvalue weighted by molar-refractivity contribution is 5.83. The largest absolute Gasteiger partial charge is 0.507 e. The van der Waals surface area contributed by atoms with Crippen molar-refractivity contribution in [2.45, 2.75) is 33.2 Å². The highest BCUT2D eigenvalue weighted by Crippen LogP contribution is 2.30. The zero-order chi connectivity index (χ0) is 20.8. The first-order chi connectivity index (χ1) is 14.1. The minimum Gasteiger partial charge on any atom is -0.507 e. The molecule has 0 unspecified atom stereocenters. The summed E-state index contributed by atoms with van der Waals surface area (Å²) in [5.74, 6) is 1.32. The lowest BCUT2D eigenvalue weighted by Gasteiger charge is -2.22. The van der Waals surface area contributed by atoms with Gasteiger partial charge in [0.05, 0.1) is 18.1 Å². The molecule has 0 aliphatic carbocycles. The van der Waals surface area contributed by atoms with Crippen molar-refractivity contribution in [2.24, 2.45) is 0 Å². The van der Waals surface area contributed by atoms with Gasteiger partial charge in [-0.1, -0.05) is 19.9 Å². The number of aromatic hydroxyl groups is 1. The average Bonchev–Trinajstić information content (AvgIpc) is 2.72. The molecule has 0 atom stereocenters. The molecule has 154 valence electrons. The predicted octanol–water partition coefficient (Wildman–Crippen LogP) is 4.92. The van der Waals surface area contributed by atoms with Crippen LogP contribution < -0.4 is 14.9 Å². The van der Waals surface area contributed by atoms with Gasteiger partial charge in [0.15, 0.2) is 0 Å². The van der Waals surface area contributed by atoms with Crippen LogP contribution in [0.3, 0.4) is 0 Å². The van der Waals surface area contributed by atoms with Gasteiger partial charge < -0.3 is 19.0 Å². The lowest BCUT2D eigenvalue weighted by molar-refractivity contribution is 0.262. The molecule has 0 spiro atoms. The van der Waals surface area contributed by atoms with Gasteiger partial charge in [0, 0.05) is 12.6 Å². The van der Waals surface area contributed by atoms with Gasteiger partial charge in [-0.25, -0.2) is 0 Å². The zero-order valence-corrected chi connectivity index (χ0v) is 17.1. The third-order valence-corrected chi connectivity index (χ3v) is 4.72. The maximum Gasteiger partial charge on any atom is 0.235 e. The van der Waals surface area contributed by atoms with Crippen molar-refractivity contribution in [3.05, 3.63) is 58.4 Å². The molecule has 0 saturated carbocycles. The fraction of sp³-hybridized carbons (Fsp3) is 0.348. The first kappa shape index (κ1) is 20.7. The zero-order valence-electron chi connectivity index (χ0n) is 17.1. The Morgan fingerprint density at radius 3 is 2.48 bits per heavy atom. The molecule has 0 aliphatic heterocycles. The molecule has 2 aromatic carbocycles. The maximum absolute atomic E-state index is 13.0. The molecular formula is C23H27NO5. The van der Waals surface area contributed by atoms with Crippen LogP contribution in [0.15, 0.2) is 51.9 Å². The smallest absolute Gasteiger partial charge is 0.235 e. The summed E-state index contributed by atoms with van der Waals surface area (Å²) >= 11 is 0. The fourth-order valence-corrected chi connectivity index (χ4v) is 3.37. The van der Waals surface area contributed by atoms with E-state index in [1.165, 1.54) is 6.26 Å². The molecule has 0 fully saturated rings. The molecule has 3 aromatic rings. The van der Waals surface area contributed by atoms with Crippen molar-refractivity contribution >= 4 is 11.0 Å². The molecule has 1 heterocycles. The number of hydrogen-bond acceptors (Lipinski definition) is 6. The van der Waals surface area contributed by atoms with E-state index in [0.29, 0.717) is 34.6 Å². The summed E-state index contributed by atoms with van der Waals surface area (Å²) < 4.78 is 16.7. The third kappa shape index (κ3) is 4.71. The number of phenols is 1. The Morgan fingerprint density at radius 1 is 1.07 bits per heavy atom. The van der Waals surface area contributed by atoms with Crippen LogP contribution in [0.5, 0.6) is 23.0 Å². The molecule has 0 radical (unpaired) electrons. The van der Waals surface area contributed by atoms with E-state index in [1.807, 2.05) is 0 Å². The number of ether oxygens (including phenoxy) is 2. The van der Waals surface area contributed by atoms with E-state index < -0.39 is 0 Å². The van der Waals surface area contributed by atoms with Gasteiger partial charge in [0.25, 0.3) is 0 Å². The molecule has 0 saturated heterocycles. The summed E-state index contributed by atoms with van der Waals surface area (Å²) in [6, 6.07) is 10.1. The number of phenolic OH excluding ortho intramolecular Hbond substituents is 1. The second-order valence-corrected chi connectivity index (χ2v) is 6.93. The fourth-order valence-electron chi connectivity index (χ4n) is 3.37. The lowest BCUT2D eigenvalue weighted by Crippen LogP contribution is -2.25. The van der Waals surface area contributed by atoms with Crippen LogP contribution in [0, 0.1) is 0 Å². The highest BCUT2D eigenvalue weighted by Gasteiger charge is 2.17. The molecule has 0 amide bonds. The lowest BCUT2D eigenvalue weighted by atomic mass is 10.1. The van der Waals surface area contributed by atoms with Crippen molar-refractivity contribution < 1.29 is 19.0 Å². The summed E-state index contributed by atoms with van der Waals surface area (Å²) in [6.45, 7) is 6.57. The maximum atomic E-state index is 13.0. The summed E-state index contributed by atoms with van der Waals surface area (Å²) in [4.78, 5) is 15.2. The molecule has 3 rings (SSSR count). The van der Waals surface area contributed by atoms with Crippen molar-refractivity contribution in [1.82, 2.24) is 4.90 Å². The number of rotatable bonds is 9. The van der Waals surface area contributed by atoms with Gasteiger partial charge in [-0.15, -0.1) is 0 Å². The van der Waals surface area contributed by atoms with Gasteiger partial charge >= 0.3 is 0 Å².